The molecule has 0 bridgehead atoms. The number of hydrogen-bond donors (Lipinski definition) is 4. The summed E-state index contributed by atoms with van der Waals surface area (Å²) in [6.45, 7) is 7.81. The Labute approximate surface area is 205 Å². The summed E-state index contributed by atoms with van der Waals surface area (Å²) in [5, 5.41) is 9.21. The van der Waals surface area contributed by atoms with Crippen LogP contribution in [0.1, 0.15) is 40.5 Å². The van der Waals surface area contributed by atoms with Gasteiger partial charge in [0.1, 0.15) is 30.0 Å². The maximum Gasteiger partial charge on any atom is 0.247 e. The van der Waals surface area contributed by atoms with E-state index in [1.165, 1.54) is 13.4 Å². The predicted octanol–water partition coefficient (Wildman–Crippen LogP) is 1.29. The molecule has 2 heterocycles. The molecular weight excluding hydrogens is 450 g/mol. The summed E-state index contributed by atoms with van der Waals surface area (Å²) >= 11 is 0. The van der Waals surface area contributed by atoms with Crippen molar-refractivity contribution in [2.24, 2.45) is 5.41 Å². The minimum atomic E-state index is -0.786. The van der Waals surface area contributed by atoms with E-state index in [0.29, 0.717) is 41.7 Å². The van der Waals surface area contributed by atoms with Gasteiger partial charge in [0, 0.05) is 18.0 Å². The third kappa shape index (κ3) is 5.61. The zero-order chi connectivity index (χ0) is 25.9. The molecule has 3 rings (SSSR count). The number of rotatable bonds is 7. The summed E-state index contributed by atoms with van der Waals surface area (Å²) in [4.78, 5) is 49.3. The molecule has 1 aliphatic rings. The highest BCUT2D eigenvalue weighted by atomic mass is 16.5. The van der Waals surface area contributed by atoms with Crippen LogP contribution in [-0.2, 0) is 14.4 Å². The molecule has 3 amide bonds. The van der Waals surface area contributed by atoms with E-state index in [0.717, 1.165) is 0 Å². The largest absolute Gasteiger partial charge is 0.494 e. The van der Waals surface area contributed by atoms with Crippen LogP contribution in [0.15, 0.2) is 18.5 Å². The van der Waals surface area contributed by atoms with Crippen LogP contribution in [0, 0.1) is 5.41 Å². The van der Waals surface area contributed by atoms with Gasteiger partial charge in [0.2, 0.25) is 17.7 Å². The van der Waals surface area contributed by atoms with Crippen LogP contribution in [0.25, 0.3) is 10.9 Å². The molecule has 190 valence electrons. The average molecular weight is 486 g/mol. The molecule has 1 aliphatic heterocycles. The maximum atomic E-state index is 13.6. The molecule has 11 nitrogen and oxygen atoms in total. The van der Waals surface area contributed by atoms with Crippen LogP contribution in [0.3, 0.4) is 0 Å². The fourth-order valence-corrected chi connectivity index (χ4v) is 4.10. The lowest BCUT2D eigenvalue weighted by molar-refractivity contribution is -0.143. The van der Waals surface area contributed by atoms with Crippen molar-refractivity contribution in [1.82, 2.24) is 25.5 Å². The Balaban J connectivity index is 1.85. The third-order valence-electron chi connectivity index (χ3n) is 6.31. The summed E-state index contributed by atoms with van der Waals surface area (Å²) in [6.07, 6.45) is 2.55. The quantitative estimate of drug-likeness (QED) is 0.458. The fraction of sp³-hybridized carbons (Fsp3) is 0.542. The van der Waals surface area contributed by atoms with E-state index in [1.807, 2.05) is 20.8 Å². The molecule has 1 fully saturated rings. The summed E-state index contributed by atoms with van der Waals surface area (Å²) in [7, 11) is 3.18. The van der Waals surface area contributed by atoms with Gasteiger partial charge < -0.3 is 31.3 Å². The number of carbonyl (C=O) groups excluding carboxylic acids is 3. The number of carbonyl (C=O) groups is 3. The Hall–Kier alpha value is -3.47. The number of aromatic nitrogens is 2. The molecule has 1 saturated heterocycles. The first-order valence-corrected chi connectivity index (χ1v) is 11.6. The molecule has 3 atom stereocenters. The number of nitrogens with two attached hydrogens (primary N) is 1. The molecule has 1 aromatic heterocycles. The average Bonchev–Trinajstić information content (AvgIpc) is 3.31. The van der Waals surface area contributed by atoms with Crippen LogP contribution in [0.4, 0.5) is 11.5 Å². The van der Waals surface area contributed by atoms with E-state index < -0.39 is 23.5 Å². The van der Waals surface area contributed by atoms with Crippen LogP contribution < -0.4 is 26.4 Å². The van der Waals surface area contributed by atoms with Gasteiger partial charge in [0.05, 0.1) is 24.4 Å². The SMILES string of the molecule is CN[C@@H](C)C(=O)N[C@H](C(=O)N1CCCC1C(=O)Nc1cc2c(N)ncnc2cc1OC)C(C)(C)C. The Bertz CT molecular complexity index is 1110. The van der Waals surface area contributed by atoms with Gasteiger partial charge >= 0.3 is 0 Å². The van der Waals surface area contributed by atoms with Crippen molar-refractivity contribution in [2.45, 2.75) is 58.7 Å². The number of anilines is 2. The monoisotopic (exact) mass is 485 g/mol. The Morgan fingerprint density at radius 2 is 1.94 bits per heavy atom. The summed E-state index contributed by atoms with van der Waals surface area (Å²) < 4.78 is 5.44. The maximum absolute atomic E-state index is 13.6. The molecule has 5 N–H and O–H groups in total. The highest BCUT2D eigenvalue weighted by Crippen LogP contribution is 2.32. The standard InChI is InChI=1S/C24H35N7O4/c1-13(26-5)21(32)30-19(24(2,3)4)23(34)31-9-7-8-17(31)22(33)29-16-10-14-15(11-18(16)35-6)27-12-28-20(14)25/h10-13,17,19,26H,7-9H2,1-6H3,(H,29,33)(H,30,32)(H2,25,27,28)/t13-,17?,19+/m0/s1. The molecule has 1 unspecified atom stereocenters. The highest BCUT2D eigenvalue weighted by Gasteiger charge is 2.42. The topological polar surface area (TPSA) is 152 Å². The van der Waals surface area contributed by atoms with Gasteiger partial charge in [-0.25, -0.2) is 9.97 Å². The first kappa shape index (κ1) is 26.1. The Morgan fingerprint density at radius 3 is 2.57 bits per heavy atom. The molecular formula is C24H35N7O4. The number of methoxy groups -OCH3 is 1. The van der Waals surface area contributed by atoms with Crippen molar-refractivity contribution < 1.29 is 19.1 Å². The summed E-state index contributed by atoms with van der Waals surface area (Å²) in [6, 6.07) is 1.42. The molecule has 0 aliphatic carbocycles. The number of likely N-dealkylation sites (tertiary alicyclic amines) is 1. The van der Waals surface area contributed by atoms with Crippen molar-refractivity contribution in [3.05, 3.63) is 18.5 Å². The van der Waals surface area contributed by atoms with Crippen LogP contribution >= 0.6 is 0 Å². The van der Waals surface area contributed by atoms with E-state index in [1.54, 1.807) is 31.0 Å². The molecule has 11 heteroatoms. The Kier molecular flexibility index (Phi) is 7.79. The van der Waals surface area contributed by atoms with E-state index in [9.17, 15) is 14.4 Å². The van der Waals surface area contributed by atoms with Gasteiger partial charge in [-0.05, 0) is 38.3 Å². The normalized spacial score (nSPS) is 17.7. The molecule has 35 heavy (non-hydrogen) atoms. The Morgan fingerprint density at radius 1 is 1.23 bits per heavy atom. The number of ether oxygens (including phenoxy) is 1. The lowest BCUT2D eigenvalue weighted by Gasteiger charge is -2.36. The number of benzene rings is 1. The number of amides is 3. The first-order chi connectivity index (χ1) is 16.5. The van der Waals surface area contributed by atoms with E-state index in [4.69, 9.17) is 10.5 Å². The number of nitrogen functional groups attached to an aromatic ring is 1. The highest BCUT2D eigenvalue weighted by molar-refractivity contribution is 6.02. The zero-order valence-corrected chi connectivity index (χ0v) is 21.1. The third-order valence-corrected chi connectivity index (χ3v) is 6.31. The molecule has 2 aromatic rings. The van der Waals surface area contributed by atoms with Crippen molar-refractivity contribution in [2.75, 3.05) is 31.8 Å². The lowest BCUT2D eigenvalue weighted by Crippen LogP contribution is -2.59. The number of nitrogens with one attached hydrogen (secondary N) is 3. The number of likely N-dealkylation sites (N-methyl/N-ethyl adjacent to an activating group) is 1. The van der Waals surface area contributed by atoms with Gasteiger partial charge in [-0.1, -0.05) is 20.8 Å². The summed E-state index contributed by atoms with van der Waals surface area (Å²) in [5.41, 5.74) is 6.43. The van der Waals surface area contributed by atoms with E-state index in [-0.39, 0.29) is 23.5 Å². The van der Waals surface area contributed by atoms with Gasteiger partial charge in [-0.2, -0.15) is 0 Å². The fourth-order valence-electron chi connectivity index (χ4n) is 4.10. The van der Waals surface area contributed by atoms with Crippen LogP contribution in [-0.4, -0.2) is 71.4 Å². The molecule has 0 spiro atoms. The smallest absolute Gasteiger partial charge is 0.247 e. The second kappa shape index (κ2) is 10.4. The molecule has 0 radical (unpaired) electrons. The van der Waals surface area contributed by atoms with E-state index >= 15 is 0 Å². The van der Waals surface area contributed by atoms with Crippen LogP contribution in [0.2, 0.25) is 0 Å². The number of hydrogen-bond acceptors (Lipinski definition) is 8. The number of nitrogens with zero attached hydrogens (tertiary/aromatic N) is 3. The van der Waals surface area contributed by atoms with Gasteiger partial charge in [-0.3, -0.25) is 14.4 Å². The minimum absolute atomic E-state index is 0.276. The van der Waals surface area contributed by atoms with E-state index in [2.05, 4.69) is 25.9 Å². The van der Waals surface area contributed by atoms with Crippen molar-refractivity contribution in [3.63, 3.8) is 0 Å². The first-order valence-electron chi connectivity index (χ1n) is 11.6. The van der Waals surface area contributed by atoms with Gasteiger partial charge in [0.25, 0.3) is 0 Å². The van der Waals surface area contributed by atoms with Gasteiger partial charge in [0.15, 0.2) is 0 Å². The van der Waals surface area contributed by atoms with Crippen molar-refractivity contribution in [3.8, 4) is 5.75 Å². The zero-order valence-electron chi connectivity index (χ0n) is 21.1. The van der Waals surface area contributed by atoms with Crippen LogP contribution in [0.5, 0.6) is 5.75 Å². The second-order valence-corrected chi connectivity index (χ2v) is 9.83. The predicted molar refractivity (Wildman–Crippen MR) is 134 cm³/mol. The molecule has 1 aromatic carbocycles. The van der Waals surface area contributed by atoms with Gasteiger partial charge in [-0.15, -0.1) is 0 Å². The molecule has 0 saturated carbocycles. The lowest BCUT2D eigenvalue weighted by atomic mass is 9.85. The minimum Gasteiger partial charge on any atom is -0.494 e. The summed E-state index contributed by atoms with van der Waals surface area (Å²) in [5.74, 6) is -0.200. The second-order valence-electron chi connectivity index (χ2n) is 9.83. The van der Waals surface area contributed by atoms with Crippen molar-refractivity contribution >= 4 is 40.1 Å². The van der Waals surface area contributed by atoms with Crippen molar-refractivity contribution in [1.29, 1.82) is 0 Å². The number of fused-ring (bicyclic) bond motifs is 1.